The van der Waals surface area contributed by atoms with E-state index in [1.165, 1.54) is 37.1 Å². The first-order valence-corrected chi connectivity index (χ1v) is 7.35. The fourth-order valence-corrected chi connectivity index (χ4v) is 2.76. The topological polar surface area (TPSA) is 15.3 Å². The third kappa shape index (κ3) is 3.56. The second-order valence-corrected chi connectivity index (χ2v) is 5.23. The number of benzene rings is 1. The minimum Gasteiger partial charge on any atom is -0.317 e. The molecule has 0 amide bonds. The van der Waals surface area contributed by atoms with Gasteiger partial charge in [0.15, 0.2) is 0 Å². The highest BCUT2D eigenvalue weighted by Crippen LogP contribution is 2.25. The van der Waals surface area contributed by atoms with Crippen LogP contribution in [0.25, 0.3) is 0 Å². The van der Waals surface area contributed by atoms with Crippen LogP contribution in [-0.2, 0) is 6.54 Å². The average Bonchev–Trinajstić information content (AvgIpc) is 2.46. The van der Waals surface area contributed by atoms with E-state index in [0.29, 0.717) is 0 Å². The molecule has 0 bridgehead atoms. The van der Waals surface area contributed by atoms with E-state index in [9.17, 15) is 0 Å². The molecule has 18 heavy (non-hydrogen) atoms. The van der Waals surface area contributed by atoms with E-state index >= 15 is 0 Å². The van der Waals surface area contributed by atoms with Crippen molar-refractivity contribution in [1.82, 2.24) is 10.2 Å². The van der Waals surface area contributed by atoms with E-state index in [1.54, 1.807) is 0 Å². The molecule has 0 aromatic heterocycles. The number of hydrogen-bond donors (Lipinski definition) is 1. The van der Waals surface area contributed by atoms with Gasteiger partial charge in [0.1, 0.15) is 0 Å². The van der Waals surface area contributed by atoms with Crippen molar-refractivity contribution in [3.63, 3.8) is 0 Å². The van der Waals surface area contributed by atoms with Crippen LogP contribution in [0.15, 0.2) is 24.3 Å². The van der Waals surface area contributed by atoms with Crippen molar-refractivity contribution in [3.05, 3.63) is 35.4 Å². The molecule has 1 aliphatic heterocycles. The van der Waals surface area contributed by atoms with Crippen LogP contribution in [0, 0.1) is 0 Å². The maximum absolute atomic E-state index is 3.43. The molecular weight excluding hydrogens is 220 g/mol. The van der Waals surface area contributed by atoms with Gasteiger partial charge in [-0.05, 0) is 56.1 Å². The molecule has 0 radical (unpaired) electrons. The van der Waals surface area contributed by atoms with Crippen molar-refractivity contribution in [3.8, 4) is 0 Å². The molecular formula is C16H26N2. The molecule has 2 nitrogen and oxygen atoms in total. The molecule has 100 valence electrons. The van der Waals surface area contributed by atoms with E-state index in [0.717, 1.165) is 25.6 Å². The van der Waals surface area contributed by atoms with Gasteiger partial charge in [-0.15, -0.1) is 0 Å². The van der Waals surface area contributed by atoms with Crippen molar-refractivity contribution in [2.24, 2.45) is 0 Å². The average molecular weight is 246 g/mol. The molecule has 0 atom stereocenters. The maximum Gasteiger partial charge on any atom is 0.0233 e. The summed E-state index contributed by atoms with van der Waals surface area (Å²) in [6.07, 6.45) is 2.57. The molecule has 1 aromatic rings. The van der Waals surface area contributed by atoms with Crippen molar-refractivity contribution in [1.29, 1.82) is 0 Å². The summed E-state index contributed by atoms with van der Waals surface area (Å²) in [5.74, 6) is 0.772. The Kier molecular flexibility index (Phi) is 5.21. The molecule has 2 heteroatoms. The van der Waals surface area contributed by atoms with Crippen LogP contribution in [0.4, 0.5) is 0 Å². The van der Waals surface area contributed by atoms with Crippen LogP contribution < -0.4 is 5.32 Å². The normalized spacial score (nSPS) is 17.3. The molecule has 1 N–H and O–H groups in total. The lowest BCUT2D eigenvalue weighted by molar-refractivity contribution is 0.296. The number of rotatable bonds is 5. The van der Waals surface area contributed by atoms with Gasteiger partial charge in [-0.1, -0.05) is 38.1 Å². The number of nitrogens with one attached hydrogen (secondary N) is 1. The van der Waals surface area contributed by atoms with Gasteiger partial charge in [0.25, 0.3) is 0 Å². The highest BCUT2D eigenvalue weighted by Gasteiger charge is 2.14. The smallest absolute Gasteiger partial charge is 0.0233 e. The van der Waals surface area contributed by atoms with E-state index < -0.39 is 0 Å². The van der Waals surface area contributed by atoms with Gasteiger partial charge in [0.05, 0.1) is 0 Å². The summed E-state index contributed by atoms with van der Waals surface area (Å²) in [5, 5.41) is 3.43. The van der Waals surface area contributed by atoms with Crippen LogP contribution in [0.5, 0.6) is 0 Å². The number of piperidine rings is 1. The molecule has 1 heterocycles. The quantitative estimate of drug-likeness (QED) is 0.859. The molecule has 0 aliphatic carbocycles. The van der Waals surface area contributed by atoms with Crippen molar-refractivity contribution < 1.29 is 0 Å². The Labute approximate surface area is 111 Å². The van der Waals surface area contributed by atoms with Crippen LogP contribution in [0.3, 0.4) is 0 Å². The molecule has 0 spiro atoms. The summed E-state index contributed by atoms with van der Waals surface area (Å²) in [7, 11) is 0. The fraction of sp³-hybridized carbons (Fsp3) is 0.625. The zero-order chi connectivity index (χ0) is 12.8. The Morgan fingerprint density at radius 3 is 2.22 bits per heavy atom. The Morgan fingerprint density at radius 2 is 1.67 bits per heavy atom. The molecule has 1 aliphatic rings. The van der Waals surface area contributed by atoms with E-state index in [1.807, 2.05) is 0 Å². The van der Waals surface area contributed by atoms with Gasteiger partial charge in [0.2, 0.25) is 0 Å². The summed E-state index contributed by atoms with van der Waals surface area (Å²) in [4.78, 5) is 2.46. The lowest BCUT2D eigenvalue weighted by Gasteiger charge is -2.23. The largest absolute Gasteiger partial charge is 0.317 e. The lowest BCUT2D eigenvalue weighted by Crippen LogP contribution is -2.26. The Bertz CT molecular complexity index is 335. The predicted octanol–water partition coefficient (Wildman–Crippen LogP) is 3.00. The zero-order valence-corrected chi connectivity index (χ0v) is 11.8. The van der Waals surface area contributed by atoms with Crippen LogP contribution in [-0.4, -0.2) is 31.1 Å². The molecule has 1 aromatic carbocycles. The first-order chi connectivity index (χ1) is 8.83. The van der Waals surface area contributed by atoms with Gasteiger partial charge in [0, 0.05) is 6.54 Å². The third-order valence-electron chi connectivity index (χ3n) is 4.09. The summed E-state index contributed by atoms with van der Waals surface area (Å²) in [6, 6.07) is 9.31. The van der Waals surface area contributed by atoms with Gasteiger partial charge in [-0.2, -0.15) is 0 Å². The minimum atomic E-state index is 0.772. The van der Waals surface area contributed by atoms with Gasteiger partial charge in [-0.25, -0.2) is 0 Å². The van der Waals surface area contributed by atoms with Crippen LogP contribution in [0.2, 0.25) is 0 Å². The second kappa shape index (κ2) is 6.91. The monoisotopic (exact) mass is 246 g/mol. The lowest BCUT2D eigenvalue weighted by atomic mass is 9.90. The molecule has 1 fully saturated rings. The van der Waals surface area contributed by atoms with Crippen LogP contribution >= 0.6 is 0 Å². The predicted molar refractivity (Wildman–Crippen MR) is 77.9 cm³/mol. The molecule has 0 unspecified atom stereocenters. The van der Waals surface area contributed by atoms with E-state index in [4.69, 9.17) is 0 Å². The highest BCUT2D eigenvalue weighted by atomic mass is 15.1. The third-order valence-corrected chi connectivity index (χ3v) is 4.09. The molecule has 2 rings (SSSR count). The van der Waals surface area contributed by atoms with Crippen LogP contribution in [0.1, 0.15) is 43.7 Å². The minimum absolute atomic E-state index is 0.772. The van der Waals surface area contributed by atoms with E-state index in [2.05, 4.69) is 48.3 Å². The Balaban J connectivity index is 1.96. The highest BCUT2D eigenvalue weighted by molar-refractivity contribution is 5.25. The van der Waals surface area contributed by atoms with Crippen molar-refractivity contribution in [2.45, 2.75) is 39.2 Å². The maximum atomic E-state index is 3.43. The van der Waals surface area contributed by atoms with Gasteiger partial charge < -0.3 is 5.32 Å². The van der Waals surface area contributed by atoms with E-state index in [-0.39, 0.29) is 0 Å². The Hall–Kier alpha value is -0.860. The first kappa shape index (κ1) is 13.6. The molecule has 1 saturated heterocycles. The summed E-state index contributed by atoms with van der Waals surface area (Å²) >= 11 is 0. The van der Waals surface area contributed by atoms with Crippen molar-refractivity contribution in [2.75, 3.05) is 26.2 Å². The first-order valence-electron chi connectivity index (χ1n) is 7.35. The standard InChI is InChI=1S/C16H26N2/c1-3-18(4-2)13-14-5-7-15(8-6-14)16-9-11-17-12-10-16/h5-8,16-17H,3-4,9-13H2,1-2H3. The zero-order valence-electron chi connectivity index (χ0n) is 11.8. The summed E-state index contributed by atoms with van der Waals surface area (Å²) in [6.45, 7) is 10.1. The second-order valence-electron chi connectivity index (χ2n) is 5.23. The fourth-order valence-electron chi connectivity index (χ4n) is 2.76. The molecule has 0 saturated carbocycles. The summed E-state index contributed by atoms with van der Waals surface area (Å²) in [5.41, 5.74) is 2.97. The van der Waals surface area contributed by atoms with Crippen molar-refractivity contribution >= 4 is 0 Å². The number of nitrogens with zero attached hydrogens (tertiary/aromatic N) is 1. The Morgan fingerprint density at radius 1 is 1.06 bits per heavy atom. The van der Waals surface area contributed by atoms with Gasteiger partial charge >= 0.3 is 0 Å². The summed E-state index contributed by atoms with van der Waals surface area (Å²) < 4.78 is 0. The van der Waals surface area contributed by atoms with Gasteiger partial charge in [-0.3, -0.25) is 4.90 Å². The number of hydrogen-bond acceptors (Lipinski definition) is 2. The SMILES string of the molecule is CCN(CC)Cc1ccc(C2CCNCC2)cc1.